The SMILES string of the molecule is COc1ccc(Nc2cncc(C(C)(C)C)c2)cc1. The van der Waals surface area contributed by atoms with E-state index in [9.17, 15) is 0 Å². The fourth-order valence-corrected chi connectivity index (χ4v) is 1.76. The quantitative estimate of drug-likeness (QED) is 0.896. The molecule has 0 saturated heterocycles. The minimum absolute atomic E-state index is 0.102. The molecule has 1 heterocycles. The number of aromatic nitrogens is 1. The second kappa shape index (κ2) is 5.31. The number of ether oxygens (including phenoxy) is 1. The number of nitrogens with zero attached hydrogens (tertiary/aromatic N) is 1. The minimum Gasteiger partial charge on any atom is -0.497 e. The van der Waals surface area contributed by atoms with Crippen LogP contribution < -0.4 is 10.1 Å². The highest BCUT2D eigenvalue weighted by Gasteiger charge is 2.14. The zero-order valence-electron chi connectivity index (χ0n) is 11.9. The Kier molecular flexibility index (Phi) is 3.74. The van der Waals surface area contributed by atoms with Gasteiger partial charge in [-0.3, -0.25) is 4.98 Å². The van der Waals surface area contributed by atoms with Gasteiger partial charge in [-0.1, -0.05) is 20.8 Å². The summed E-state index contributed by atoms with van der Waals surface area (Å²) in [5, 5.41) is 3.35. The molecule has 2 aromatic rings. The van der Waals surface area contributed by atoms with Gasteiger partial charge in [-0.25, -0.2) is 0 Å². The summed E-state index contributed by atoms with van der Waals surface area (Å²) in [5.74, 6) is 0.854. The van der Waals surface area contributed by atoms with Gasteiger partial charge in [0.1, 0.15) is 5.75 Å². The van der Waals surface area contributed by atoms with Crippen molar-refractivity contribution in [3.8, 4) is 5.75 Å². The maximum absolute atomic E-state index is 5.14. The highest BCUT2D eigenvalue weighted by atomic mass is 16.5. The van der Waals surface area contributed by atoms with Crippen molar-refractivity contribution in [3.05, 3.63) is 48.3 Å². The van der Waals surface area contributed by atoms with Crippen molar-refractivity contribution in [2.24, 2.45) is 0 Å². The normalized spacial score (nSPS) is 11.2. The average molecular weight is 256 g/mol. The van der Waals surface area contributed by atoms with Crippen LogP contribution in [0.3, 0.4) is 0 Å². The van der Waals surface area contributed by atoms with E-state index in [1.165, 1.54) is 5.56 Å². The number of nitrogens with one attached hydrogen (secondary N) is 1. The first kappa shape index (κ1) is 13.4. The summed E-state index contributed by atoms with van der Waals surface area (Å²) in [6, 6.07) is 9.98. The van der Waals surface area contributed by atoms with Crippen LogP contribution in [-0.2, 0) is 5.41 Å². The molecule has 0 fully saturated rings. The molecule has 0 aliphatic rings. The van der Waals surface area contributed by atoms with Crippen LogP contribution in [0.2, 0.25) is 0 Å². The van der Waals surface area contributed by atoms with E-state index in [0.717, 1.165) is 17.1 Å². The molecule has 19 heavy (non-hydrogen) atoms. The molecule has 100 valence electrons. The van der Waals surface area contributed by atoms with Gasteiger partial charge in [0.2, 0.25) is 0 Å². The molecule has 0 unspecified atom stereocenters. The van der Waals surface area contributed by atoms with Crippen molar-refractivity contribution < 1.29 is 4.74 Å². The van der Waals surface area contributed by atoms with Crippen LogP contribution in [0.1, 0.15) is 26.3 Å². The molecule has 0 spiro atoms. The monoisotopic (exact) mass is 256 g/mol. The van der Waals surface area contributed by atoms with Crippen LogP contribution >= 0.6 is 0 Å². The van der Waals surface area contributed by atoms with Crippen LogP contribution in [-0.4, -0.2) is 12.1 Å². The second-order valence-corrected chi connectivity index (χ2v) is 5.57. The number of pyridine rings is 1. The predicted octanol–water partition coefficient (Wildman–Crippen LogP) is 4.13. The molecule has 0 saturated carbocycles. The molecule has 0 aliphatic heterocycles. The van der Waals surface area contributed by atoms with Gasteiger partial charge in [0.25, 0.3) is 0 Å². The maximum atomic E-state index is 5.14. The van der Waals surface area contributed by atoms with E-state index in [2.05, 4.69) is 37.1 Å². The molecule has 0 atom stereocenters. The van der Waals surface area contributed by atoms with E-state index >= 15 is 0 Å². The van der Waals surface area contributed by atoms with Crippen LogP contribution in [0.25, 0.3) is 0 Å². The fraction of sp³-hybridized carbons (Fsp3) is 0.312. The van der Waals surface area contributed by atoms with Gasteiger partial charge >= 0.3 is 0 Å². The lowest BCUT2D eigenvalue weighted by molar-refractivity contribution is 0.415. The summed E-state index contributed by atoms with van der Waals surface area (Å²) in [6.07, 6.45) is 3.75. The Labute approximate surface area is 114 Å². The highest BCUT2D eigenvalue weighted by Crippen LogP contribution is 2.25. The van der Waals surface area contributed by atoms with Crippen LogP contribution in [0.5, 0.6) is 5.75 Å². The molecule has 0 radical (unpaired) electrons. The summed E-state index contributed by atoms with van der Waals surface area (Å²) in [4.78, 5) is 4.29. The van der Waals surface area contributed by atoms with E-state index < -0.39 is 0 Å². The third-order valence-electron chi connectivity index (χ3n) is 2.98. The van der Waals surface area contributed by atoms with Crippen LogP contribution in [0.15, 0.2) is 42.7 Å². The molecule has 0 bridgehead atoms. The topological polar surface area (TPSA) is 34.1 Å². The van der Waals surface area contributed by atoms with Gasteiger partial charge in [-0.2, -0.15) is 0 Å². The van der Waals surface area contributed by atoms with Crippen molar-refractivity contribution >= 4 is 11.4 Å². The minimum atomic E-state index is 0.102. The molecular formula is C16H20N2O. The molecule has 0 aliphatic carbocycles. The lowest BCUT2D eigenvalue weighted by atomic mass is 9.88. The summed E-state index contributed by atoms with van der Waals surface area (Å²) in [5.41, 5.74) is 3.34. The first-order chi connectivity index (χ1) is 8.99. The zero-order chi connectivity index (χ0) is 13.9. The smallest absolute Gasteiger partial charge is 0.119 e. The Bertz CT molecular complexity index is 541. The van der Waals surface area contributed by atoms with Gasteiger partial charge < -0.3 is 10.1 Å². The Hall–Kier alpha value is -2.03. The molecule has 0 amide bonds. The summed E-state index contributed by atoms with van der Waals surface area (Å²) >= 11 is 0. The standard InChI is InChI=1S/C16H20N2O/c1-16(2,3)12-9-14(11-17-10-12)18-13-5-7-15(19-4)8-6-13/h5-11,18H,1-4H3. The van der Waals surface area contributed by atoms with Crippen molar-refractivity contribution in [3.63, 3.8) is 0 Å². The maximum Gasteiger partial charge on any atom is 0.119 e. The van der Waals surface area contributed by atoms with E-state index in [4.69, 9.17) is 4.74 Å². The third-order valence-corrected chi connectivity index (χ3v) is 2.98. The summed E-state index contributed by atoms with van der Waals surface area (Å²) in [6.45, 7) is 6.55. The molecule has 1 N–H and O–H groups in total. The number of hydrogen-bond donors (Lipinski definition) is 1. The van der Waals surface area contributed by atoms with Gasteiger partial charge in [-0.05, 0) is 41.3 Å². The molecule has 3 nitrogen and oxygen atoms in total. The molecule has 3 heteroatoms. The highest BCUT2D eigenvalue weighted by molar-refractivity contribution is 5.60. The molecular weight excluding hydrogens is 236 g/mol. The number of rotatable bonds is 3. The van der Waals surface area contributed by atoms with Gasteiger partial charge in [-0.15, -0.1) is 0 Å². The van der Waals surface area contributed by atoms with E-state index in [1.54, 1.807) is 7.11 Å². The number of hydrogen-bond acceptors (Lipinski definition) is 3. The van der Waals surface area contributed by atoms with E-state index in [-0.39, 0.29) is 5.41 Å². The zero-order valence-corrected chi connectivity index (χ0v) is 11.9. The lowest BCUT2D eigenvalue weighted by Crippen LogP contribution is -2.11. The third kappa shape index (κ3) is 3.47. The van der Waals surface area contributed by atoms with Crippen LogP contribution in [0.4, 0.5) is 11.4 Å². The Balaban J connectivity index is 2.18. The number of methoxy groups -OCH3 is 1. The van der Waals surface area contributed by atoms with Crippen molar-refractivity contribution in [2.75, 3.05) is 12.4 Å². The second-order valence-electron chi connectivity index (χ2n) is 5.57. The first-order valence-corrected chi connectivity index (χ1v) is 6.35. The van der Waals surface area contributed by atoms with Crippen molar-refractivity contribution in [1.82, 2.24) is 4.98 Å². The van der Waals surface area contributed by atoms with Crippen molar-refractivity contribution in [2.45, 2.75) is 26.2 Å². The Morgan fingerprint density at radius 2 is 1.68 bits per heavy atom. The fourth-order valence-electron chi connectivity index (χ4n) is 1.76. The van der Waals surface area contributed by atoms with E-state index in [0.29, 0.717) is 0 Å². The summed E-state index contributed by atoms with van der Waals surface area (Å²) < 4.78 is 5.14. The molecule has 1 aromatic carbocycles. The van der Waals surface area contributed by atoms with Gasteiger partial charge in [0, 0.05) is 11.9 Å². The lowest BCUT2D eigenvalue weighted by Gasteiger charge is -2.19. The Morgan fingerprint density at radius 3 is 2.26 bits per heavy atom. The predicted molar refractivity (Wildman–Crippen MR) is 79.2 cm³/mol. The Morgan fingerprint density at radius 1 is 1.00 bits per heavy atom. The largest absolute Gasteiger partial charge is 0.497 e. The average Bonchev–Trinajstić information content (AvgIpc) is 2.39. The summed E-state index contributed by atoms with van der Waals surface area (Å²) in [7, 11) is 1.67. The number of benzene rings is 1. The van der Waals surface area contributed by atoms with E-state index in [1.807, 2.05) is 36.7 Å². The molecule has 1 aromatic heterocycles. The van der Waals surface area contributed by atoms with Crippen molar-refractivity contribution in [1.29, 1.82) is 0 Å². The molecule has 2 rings (SSSR count). The van der Waals surface area contributed by atoms with Gasteiger partial charge in [0.15, 0.2) is 0 Å². The first-order valence-electron chi connectivity index (χ1n) is 6.35. The number of anilines is 2. The van der Waals surface area contributed by atoms with Gasteiger partial charge in [0.05, 0.1) is 19.0 Å². The van der Waals surface area contributed by atoms with Crippen LogP contribution in [0, 0.1) is 0 Å².